The molecule has 1 aromatic heterocycles. The number of hydrogen-bond acceptors (Lipinski definition) is 7. The van der Waals surface area contributed by atoms with E-state index in [-0.39, 0.29) is 29.4 Å². The molecule has 35 heavy (non-hydrogen) atoms. The van der Waals surface area contributed by atoms with Crippen LogP contribution in [0.2, 0.25) is 0 Å². The average molecular weight is 636 g/mol. The highest BCUT2D eigenvalue weighted by Gasteiger charge is 2.24. The van der Waals surface area contributed by atoms with Gasteiger partial charge >= 0.3 is 0 Å². The summed E-state index contributed by atoms with van der Waals surface area (Å²) in [5.41, 5.74) is 1.26. The van der Waals surface area contributed by atoms with E-state index >= 15 is 0 Å². The lowest BCUT2D eigenvalue weighted by Gasteiger charge is -2.24. The van der Waals surface area contributed by atoms with Gasteiger partial charge in [-0.05, 0) is 64.4 Å². The molecule has 0 unspecified atom stereocenters. The molecule has 1 heterocycles. The predicted octanol–water partition coefficient (Wildman–Crippen LogP) is 2.89. The lowest BCUT2D eigenvalue weighted by molar-refractivity contribution is 0.0829. The Morgan fingerprint density at radius 3 is 2.54 bits per heavy atom. The highest BCUT2D eigenvalue weighted by Crippen LogP contribution is 2.17. The molecule has 0 aliphatic rings. The number of carbonyl (C=O) groups excluding carboxylic acids is 1. The van der Waals surface area contributed by atoms with Crippen LogP contribution in [0.25, 0.3) is 0 Å². The number of aliphatic hydroxyl groups excluding tert-OH is 1. The first-order chi connectivity index (χ1) is 16.5. The maximum Gasteiger partial charge on any atom is 0.280 e. The smallest absolute Gasteiger partial charge is 0.280 e. The second-order valence-corrected chi connectivity index (χ2v) is 11.7. The fourth-order valence-corrected chi connectivity index (χ4v) is 5.08. The van der Waals surface area contributed by atoms with Crippen LogP contribution in [-0.2, 0) is 23.0 Å². The van der Waals surface area contributed by atoms with E-state index in [1.165, 1.54) is 5.38 Å². The summed E-state index contributed by atoms with van der Waals surface area (Å²) in [6.07, 6.45) is -0.201. The fourth-order valence-electron chi connectivity index (χ4n) is 3.26. The largest absolute Gasteiger partial charge is 0.390 e. The van der Waals surface area contributed by atoms with Gasteiger partial charge in [0.25, 0.3) is 5.91 Å². The van der Waals surface area contributed by atoms with E-state index in [0.717, 1.165) is 44.9 Å². The number of anilines is 1. The SMILES string of the molecule is CS(=O)(=O)Nc1csc(C(=O)N[C@@H](Cc2cc(F)cc(F)c2)[C@H](O)CNCc2cccc(I)c2)n1. The van der Waals surface area contributed by atoms with Crippen LogP contribution < -0.4 is 15.4 Å². The van der Waals surface area contributed by atoms with Crippen LogP contribution in [0.4, 0.5) is 14.6 Å². The van der Waals surface area contributed by atoms with Crippen molar-refractivity contribution in [2.24, 2.45) is 0 Å². The van der Waals surface area contributed by atoms with Crippen LogP contribution >= 0.6 is 33.9 Å². The van der Waals surface area contributed by atoms with Crippen molar-refractivity contribution < 1.29 is 27.1 Å². The van der Waals surface area contributed by atoms with Gasteiger partial charge in [-0.25, -0.2) is 22.2 Å². The van der Waals surface area contributed by atoms with Gasteiger partial charge in [0.15, 0.2) is 10.8 Å². The summed E-state index contributed by atoms with van der Waals surface area (Å²) in [4.78, 5) is 16.7. The van der Waals surface area contributed by atoms with Crippen molar-refractivity contribution in [3.8, 4) is 0 Å². The van der Waals surface area contributed by atoms with Gasteiger partial charge in [0, 0.05) is 28.1 Å². The third kappa shape index (κ3) is 9.07. The van der Waals surface area contributed by atoms with E-state index in [1.54, 1.807) is 0 Å². The standard InChI is InChI=1S/C22H23F2IN4O4S2/c1-35(32,33)29-20-12-34-22(28-20)21(31)27-18(8-14-5-15(23)9-16(24)6-14)19(30)11-26-10-13-3-2-4-17(25)7-13/h2-7,9,12,18-19,26,29-30H,8,10-11H2,1H3,(H,27,31)/t18-,19+/m0/s1. The molecule has 188 valence electrons. The van der Waals surface area contributed by atoms with E-state index in [9.17, 15) is 27.1 Å². The third-order valence-electron chi connectivity index (χ3n) is 4.72. The number of rotatable bonds is 11. The van der Waals surface area contributed by atoms with E-state index < -0.39 is 39.7 Å². The Morgan fingerprint density at radius 1 is 1.17 bits per heavy atom. The van der Waals surface area contributed by atoms with Gasteiger partial charge in [-0.3, -0.25) is 9.52 Å². The Balaban J connectivity index is 1.71. The number of nitrogens with zero attached hydrogens (tertiary/aromatic N) is 1. The molecule has 0 saturated heterocycles. The minimum absolute atomic E-state index is 0.00823. The van der Waals surface area contributed by atoms with Crippen molar-refractivity contribution in [1.29, 1.82) is 0 Å². The molecule has 2 aromatic carbocycles. The number of sulfonamides is 1. The first-order valence-corrected chi connectivity index (χ1v) is 14.2. The van der Waals surface area contributed by atoms with Crippen molar-refractivity contribution in [2.45, 2.75) is 25.1 Å². The summed E-state index contributed by atoms with van der Waals surface area (Å²) in [6.45, 7) is 0.559. The molecular formula is C22H23F2IN4O4S2. The third-order valence-corrected chi connectivity index (χ3v) is 6.81. The van der Waals surface area contributed by atoms with Gasteiger partial charge in [-0.15, -0.1) is 11.3 Å². The van der Waals surface area contributed by atoms with Crippen LogP contribution in [0.3, 0.4) is 0 Å². The van der Waals surface area contributed by atoms with E-state index in [2.05, 4.69) is 42.9 Å². The molecular weight excluding hydrogens is 613 g/mol. The quantitative estimate of drug-likeness (QED) is 0.241. The molecule has 13 heteroatoms. The van der Waals surface area contributed by atoms with E-state index in [0.29, 0.717) is 6.54 Å². The first-order valence-electron chi connectivity index (χ1n) is 10.3. The second-order valence-electron chi connectivity index (χ2n) is 7.80. The van der Waals surface area contributed by atoms with Crippen molar-refractivity contribution >= 4 is 55.7 Å². The molecule has 3 rings (SSSR count). The number of aliphatic hydroxyl groups is 1. The number of nitrogens with one attached hydrogen (secondary N) is 3. The summed E-state index contributed by atoms with van der Waals surface area (Å²) in [7, 11) is -3.57. The van der Waals surface area contributed by atoms with E-state index in [4.69, 9.17) is 0 Å². The molecule has 0 aliphatic carbocycles. The Labute approximate surface area is 219 Å². The summed E-state index contributed by atoms with van der Waals surface area (Å²) < 4.78 is 53.4. The minimum atomic E-state index is -3.57. The Morgan fingerprint density at radius 2 is 1.89 bits per heavy atom. The number of halogens is 3. The summed E-state index contributed by atoms with van der Waals surface area (Å²) in [5.74, 6) is -2.21. The first kappa shape index (κ1) is 27.4. The molecule has 0 bridgehead atoms. The molecule has 0 saturated carbocycles. The topological polar surface area (TPSA) is 120 Å². The van der Waals surface area contributed by atoms with Crippen molar-refractivity contribution in [2.75, 3.05) is 17.5 Å². The van der Waals surface area contributed by atoms with Gasteiger partial charge in [0.2, 0.25) is 10.0 Å². The van der Waals surface area contributed by atoms with Gasteiger partial charge in [0.05, 0.1) is 18.4 Å². The van der Waals surface area contributed by atoms with Crippen LogP contribution in [0.5, 0.6) is 0 Å². The number of aromatic nitrogens is 1. The fraction of sp³-hybridized carbons (Fsp3) is 0.273. The summed E-state index contributed by atoms with van der Waals surface area (Å²) >= 11 is 3.11. The predicted molar refractivity (Wildman–Crippen MR) is 139 cm³/mol. The lowest BCUT2D eigenvalue weighted by Crippen LogP contribution is -2.48. The maximum atomic E-state index is 13.7. The monoisotopic (exact) mass is 636 g/mol. The minimum Gasteiger partial charge on any atom is -0.390 e. The molecule has 0 fully saturated rings. The van der Waals surface area contributed by atoms with Crippen LogP contribution in [0.15, 0.2) is 47.8 Å². The highest BCUT2D eigenvalue weighted by molar-refractivity contribution is 14.1. The van der Waals surface area contributed by atoms with Crippen molar-refractivity contribution in [3.63, 3.8) is 0 Å². The summed E-state index contributed by atoms with van der Waals surface area (Å²) in [6, 6.07) is 9.87. The van der Waals surface area contributed by atoms with Gasteiger partial charge < -0.3 is 15.7 Å². The summed E-state index contributed by atoms with van der Waals surface area (Å²) in [5, 5.41) is 17.9. The Hall–Kier alpha value is -2.20. The maximum absolute atomic E-state index is 13.7. The normalized spacial score (nSPS) is 13.3. The molecule has 3 aromatic rings. The van der Waals surface area contributed by atoms with Gasteiger partial charge in [-0.2, -0.15) is 0 Å². The average Bonchev–Trinajstić information content (AvgIpc) is 3.19. The molecule has 1 amide bonds. The zero-order chi connectivity index (χ0) is 25.6. The van der Waals surface area contributed by atoms with E-state index in [1.807, 2.05) is 24.3 Å². The second kappa shape index (κ2) is 12.2. The number of amides is 1. The van der Waals surface area contributed by atoms with Gasteiger partial charge in [-0.1, -0.05) is 12.1 Å². The molecule has 0 spiro atoms. The molecule has 0 aliphatic heterocycles. The Bertz CT molecular complexity index is 1270. The number of hydrogen-bond donors (Lipinski definition) is 4. The van der Waals surface area contributed by atoms with Crippen LogP contribution in [0.1, 0.15) is 20.9 Å². The van der Waals surface area contributed by atoms with Crippen molar-refractivity contribution in [1.82, 2.24) is 15.6 Å². The van der Waals surface area contributed by atoms with Gasteiger partial charge in [0.1, 0.15) is 11.6 Å². The molecule has 4 N–H and O–H groups in total. The van der Waals surface area contributed by atoms with Crippen molar-refractivity contribution in [3.05, 3.63) is 79.2 Å². The number of benzene rings is 2. The van der Waals surface area contributed by atoms with Crippen LogP contribution in [0, 0.1) is 15.2 Å². The number of thiazole rings is 1. The van der Waals surface area contributed by atoms with Crippen LogP contribution in [-0.4, -0.2) is 49.4 Å². The number of carbonyl (C=O) groups is 1. The molecule has 2 atom stereocenters. The molecule has 0 radical (unpaired) electrons. The zero-order valence-electron chi connectivity index (χ0n) is 18.5. The lowest BCUT2D eigenvalue weighted by atomic mass is 10.0. The molecule has 8 nitrogen and oxygen atoms in total. The highest BCUT2D eigenvalue weighted by atomic mass is 127. The Kier molecular flexibility index (Phi) is 9.52. The zero-order valence-corrected chi connectivity index (χ0v) is 22.3.